The highest BCUT2D eigenvalue weighted by atomic mass is 32.1. The van der Waals surface area contributed by atoms with E-state index in [4.69, 9.17) is 0 Å². The molecule has 3 aromatic rings. The number of amides is 2. The number of pyridine rings is 1. The molecule has 9 heteroatoms. The van der Waals surface area contributed by atoms with Gasteiger partial charge in [0, 0.05) is 25.0 Å². The minimum absolute atomic E-state index is 0.0297. The minimum atomic E-state index is -0.565. The second kappa shape index (κ2) is 8.86. The highest BCUT2D eigenvalue weighted by Gasteiger charge is 2.45. The molecule has 1 saturated carbocycles. The van der Waals surface area contributed by atoms with E-state index in [9.17, 15) is 14.4 Å². The molecule has 4 heterocycles. The summed E-state index contributed by atoms with van der Waals surface area (Å²) in [5.74, 6) is -0.162. The molecule has 0 saturated heterocycles. The molecular weight excluding hydrogens is 462 g/mol. The lowest BCUT2D eigenvalue weighted by atomic mass is 9.89. The molecule has 1 aliphatic carbocycles. The van der Waals surface area contributed by atoms with Crippen molar-refractivity contribution in [3.63, 3.8) is 0 Å². The number of thiophene rings is 1. The van der Waals surface area contributed by atoms with Crippen molar-refractivity contribution in [2.75, 3.05) is 14.1 Å². The third-order valence-corrected chi connectivity index (χ3v) is 8.59. The van der Waals surface area contributed by atoms with Crippen LogP contribution in [-0.2, 0) is 18.5 Å². The molecule has 0 radical (unpaired) electrons. The van der Waals surface area contributed by atoms with Gasteiger partial charge in [-0.2, -0.15) is 0 Å². The molecule has 3 aromatic heterocycles. The maximum atomic E-state index is 13.6. The number of aryl methyl sites for hydroxylation is 4. The zero-order valence-corrected chi connectivity index (χ0v) is 21.5. The lowest BCUT2D eigenvalue weighted by molar-refractivity contribution is 0.0830. The SMILES string of the molecule is Cc1cc(CCCc2ncnc3sc(C(=O)N(C)C)c(C)c23)c(=O)n2c1C(=O)NC21CCCCC1. The molecular formula is C26H31N5O3S. The van der Waals surface area contributed by atoms with E-state index in [2.05, 4.69) is 15.3 Å². The van der Waals surface area contributed by atoms with E-state index in [1.54, 1.807) is 29.9 Å². The summed E-state index contributed by atoms with van der Waals surface area (Å²) in [6.45, 7) is 3.87. The number of fused-ring (bicyclic) bond motifs is 3. The predicted octanol–water partition coefficient (Wildman–Crippen LogP) is 3.71. The number of carbonyl (C=O) groups excluding carboxylic acids is 2. The van der Waals surface area contributed by atoms with Crippen LogP contribution in [0.1, 0.15) is 81.1 Å². The van der Waals surface area contributed by atoms with Gasteiger partial charge in [-0.25, -0.2) is 9.97 Å². The smallest absolute Gasteiger partial charge is 0.270 e. The first-order chi connectivity index (χ1) is 16.7. The summed E-state index contributed by atoms with van der Waals surface area (Å²) in [6.07, 6.45) is 8.33. The Kier molecular flexibility index (Phi) is 5.99. The summed E-state index contributed by atoms with van der Waals surface area (Å²) in [6, 6.07) is 1.88. The third kappa shape index (κ3) is 3.86. The van der Waals surface area contributed by atoms with Crippen molar-refractivity contribution in [1.29, 1.82) is 0 Å². The van der Waals surface area contributed by atoms with Crippen LogP contribution < -0.4 is 10.9 Å². The molecule has 184 valence electrons. The molecule has 0 unspecified atom stereocenters. The summed E-state index contributed by atoms with van der Waals surface area (Å²) in [5, 5.41) is 4.09. The average molecular weight is 494 g/mol. The second-order valence-corrected chi connectivity index (χ2v) is 11.0. The van der Waals surface area contributed by atoms with E-state index < -0.39 is 5.66 Å². The first-order valence-electron chi connectivity index (χ1n) is 12.3. The van der Waals surface area contributed by atoms with Crippen molar-refractivity contribution in [3.8, 4) is 0 Å². The average Bonchev–Trinajstić information content (AvgIpc) is 3.31. The number of nitrogens with one attached hydrogen (secondary N) is 1. The third-order valence-electron chi connectivity index (χ3n) is 7.40. The van der Waals surface area contributed by atoms with Gasteiger partial charge in [-0.15, -0.1) is 11.3 Å². The molecule has 2 amide bonds. The van der Waals surface area contributed by atoms with Gasteiger partial charge in [-0.05, 0) is 76.0 Å². The topological polar surface area (TPSA) is 97.2 Å². The Morgan fingerprint density at radius 1 is 1.14 bits per heavy atom. The number of nitrogens with zero attached hydrogens (tertiary/aromatic N) is 4. The first kappa shape index (κ1) is 23.7. The predicted molar refractivity (Wildman–Crippen MR) is 136 cm³/mol. The zero-order chi connectivity index (χ0) is 24.9. The fourth-order valence-electron chi connectivity index (χ4n) is 5.68. The molecule has 1 N–H and O–H groups in total. The lowest BCUT2D eigenvalue weighted by Gasteiger charge is -2.35. The molecule has 5 rings (SSSR count). The van der Waals surface area contributed by atoms with E-state index >= 15 is 0 Å². The van der Waals surface area contributed by atoms with Gasteiger partial charge in [0.05, 0.1) is 10.6 Å². The lowest BCUT2D eigenvalue weighted by Crippen LogP contribution is -2.49. The number of aromatic nitrogens is 3. The van der Waals surface area contributed by atoms with E-state index in [0.717, 1.165) is 71.1 Å². The van der Waals surface area contributed by atoms with E-state index in [0.29, 0.717) is 23.4 Å². The van der Waals surface area contributed by atoms with E-state index in [-0.39, 0.29) is 17.4 Å². The van der Waals surface area contributed by atoms with Crippen molar-refractivity contribution in [2.24, 2.45) is 0 Å². The molecule has 35 heavy (non-hydrogen) atoms. The van der Waals surface area contributed by atoms with Crippen LogP contribution in [0.25, 0.3) is 10.2 Å². The minimum Gasteiger partial charge on any atom is -0.344 e. The quantitative estimate of drug-likeness (QED) is 0.584. The summed E-state index contributed by atoms with van der Waals surface area (Å²) in [4.78, 5) is 50.9. The largest absolute Gasteiger partial charge is 0.344 e. The van der Waals surface area contributed by atoms with Crippen LogP contribution >= 0.6 is 11.3 Å². The van der Waals surface area contributed by atoms with Gasteiger partial charge in [0.25, 0.3) is 17.4 Å². The molecule has 0 bridgehead atoms. The molecule has 1 aliphatic heterocycles. The summed E-state index contributed by atoms with van der Waals surface area (Å²) in [5.41, 5.74) is 3.31. The highest BCUT2D eigenvalue weighted by Crippen LogP contribution is 2.37. The maximum Gasteiger partial charge on any atom is 0.270 e. The summed E-state index contributed by atoms with van der Waals surface area (Å²) in [7, 11) is 3.49. The fraction of sp³-hybridized carbons (Fsp3) is 0.500. The highest BCUT2D eigenvalue weighted by molar-refractivity contribution is 7.20. The first-order valence-corrected chi connectivity index (χ1v) is 13.1. The molecule has 0 aromatic carbocycles. The second-order valence-electron chi connectivity index (χ2n) is 10.00. The number of hydrogen-bond acceptors (Lipinski definition) is 6. The van der Waals surface area contributed by atoms with Gasteiger partial charge in [-0.1, -0.05) is 6.42 Å². The summed E-state index contributed by atoms with van der Waals surface area (Å²) >= 11 is 1.40. The van der Waals surface area contributed by atoms with Gasteiger partial charge >= 0.3 is 0 Å². The Morgan fingerprint density at radius 2 is 1.89 bits per heavy atom. The molecule has 1 spiro atoms. The molecule has 0 atom stereocenters. The maximum absolute atomic E-state index is 13.6. The number of carbonyl (C=O) groups is 2. The van der Waals surface area contributed by atoms with Crippen molar-refractivity contribution < 1.29 is 9.59 Å². The van der Waals surface area contributed by atoms with Gasteiger partial charge < -0.3 is 10.2 Å². The Balaban J connectivity index is 1.42. The molecule has 1 fully saturated rings. The van der Waals surface area contributed by atoms with Crippen LogP contribution in [0.15, 0.2) is 17.2 Å². The van der Waals surface area contributed by atoms with Crippen LogP contribution in [0, 0.1) is 13.8 Å². The zero-order valence-electron chi connectivity index (χ0n) is 20.7. The van der Waals surface area contributed by atoms with Crippen molar-refractivity contribution in [3.05, 3.63) is 55.7 Å². The monoisotopic (exact) mass is 493 g/mol. The fourth-order valence-corrected chi connectivity index (χ4v) is 6.87. The Bertz CT molecular complexity index is 1400. The molecule has 8 nitrogen and oxygen atoms in total. The van der Waals surface area contributed by atoms with Crippen LogP contribution in [-0.4, -0.2) is 45.3 Å². The van der Waals surface area contributed by atoms with Gasteiger partial charge in [0.1, 0.15) is 22.5 Å². The van der Waals surface area contributed by atoms with Gasteiger partial charge in [-0.3, -0.25) is 19.0 Å². The summed E-state index contributed by atoms with van der Waals surface area (Å²) < 4.78 is 1.77. The van der Waals surface area contributed by atoms with Crippen LogP contribution in [0.3, 0.4) is 0 Å². The Hall–Kier alpha value is -3.07. The van der Waals surface area contributed by atoms with Gasteiger partial charge in [0.15, 0.2) is 0 Å². The Morgan fingerprint density at radius 3 is 2.60 bits per heavy atom. The van der Waals surface area contributed by atoms with E-state index in [1.165, 1.54) is 11.3 Å². The van der Waals surface area contributed by atoms with Gasteiger partial charge in [0.2, 0.25) is 0 Å². The van der Waals surface area contributed by atoms with Crippen LogP contribution in [0.5, 0.6) is 0 Å². The van der Waals surface area contributed by atoms with Crippen LogP contribution in [0.4, 0.5) is 0 Å². The normalized spacial score (nSPS) is 16.5. The van der Waals surface area contributed by atoms with Crippen molar-refractivity contribution in [1.82, 2.24) is 24.8 Å². The number of rotatable bonds is 5. The standard InChI is InChI=1S/C26H31N5O3S/c1-15-13-17(24(33)31-20(15)22(32)29-26(31)11-6-5-7-12-26)9-8-10-18-19-16(2)21(25(34)30(3)4)35-23(19)28-14-27-18/h13-14H,5-12H2,1-4H3,(H,29,32). The van der Waals surface area contributed by atoms with Crippen molar-refractivity contribution in [2.45, 2.75) is 70.9 Å². The molecule has 2 aliphatic rings. The van der Waals surface area contributed by atoms with E-state index in [1.807, 2.05) is 19.9 Å². The number of hydrogen-bond donors (Lipinski definition) is 1. The van der Waals surface area contributed by atoms with Crippen molar-refractivity contribution >= 4 is 33.4 Å². The Labute approximate surface area is 208 Å². The van der Waals surface area contributed by atoms with Crippen LogP contribution in [0.2, 0.25) is 0 Å².